The summed E-state index contributed by atoms with van der Waals surface area (Å²) in [5.74, 6) is 0. The summed E-state index contributed by atoms with van der Waals surface area (Å²) in [5, 5.41) is 16.9. The van der Waals surface area contributed by atoms with Gasteiger partial charge in [0.05, 0.1) is 39.6 Å². The van der Waals surface area contributed by atoms with E-state index in [1.807, 2.05) is 0 Å². The molecule has 5 heteroatoms. The number of unbranched alkanes of at least 4 members (excludes halogenated alkanes) is 1. The third-order valence-electron chi connectivity index (χ3n) is 1.68. The number of aliphatic hydroxyl groups is 2. The SMILES string of the molecule is OCCCCOCCOCCOCCO. The highest BCUT2D eigenvalue weighted by Gasteiger charge is 1.91. The molecule has 92 valence electrons. The summed E-state index contributed by atoms with van der Waals surface area (Å²) in [6.45, 7) is 3.47. The summed E-state index contributed by atoms with van der Waals surface area (Å²) in [6, 6.07) is 0. The van der Waals surface area contributed by atoms with Gasteiger partial charge in [-0.1, -0.05) is 0 Å². The van der Waals surface area contributed by atoms with Crippen molar-refractivity contribution in [3.63, 3.8) is 0 Å². The number of ether oxygens (including phenoxy) is 3. The summed E-state index contributed by atoms with van der Waals surface area (Å²) >= 11 is 0. The average molecular weight is 222 g/mol. The van der Waals surface area contributed by atoms with E-state index in [4.69, 9.17) is 24.4 Å². The summed E-state index contributed by atoms with van der Waals surface area (Å²) in [6.07, 6.45) is 1.67. The molecule has 0 rings (SSSR count). The zero-order valence-corrected chi connectivity index (χ0v) is 9.19. The Balaban J connectivity index is 2.81. The quantitative estimate of drug-likeness (QED) is 0.448. The van der Waals surface area contributed by atoms with Crippen LogP contribution in [0.3, 0.4) is 0 Å². The minimum Gasteiger partial charge on any atom is -0.396 e. The topological polar surface area (TPSA) is 68.2 Å². The van der Waals surface area contributed by atoms with Gasteiger partial charge in [-0.25, -0.2) is 0 Å². The van der Waals surface area contributed by atoms with Crippen molar-refractivity contribution >= 4 is 0 Å². The smallest absolute Gasteiger partial charge is 0.0701 e. The number of hydrogen-bond acceptors (Lipinski definition) is 5. The van der Waals surface area contributed by atoms with E-state index in [1.54, 1.807) is 0 Å². The number of hydrogen-bond donors (Lipinski definition) is 2. The molecule has 0 fully saturated rings. The molecule has 0 radical (unpaired) electrons. The second-order valence-electron chi connectivity index (χ2n) is 2.99. The van der Waals surface area contributed by atoms with Crippen LogP contribution >= 0.6 is 0 Å². The molecule has 0 spiro atoms. The summed E-state index contributed by atoms with van der Waals surface area (Å²) in [4.78, 5) is 0. The van der Waals surface area contributed by atoms with E-state index in [1.165, 1.54) is 0 Å². The Morgan fingerprint density at radius 2 is 1.07 bits per heavy atom. The lowest BCUT2D eigenvalue weighted by molar-refractivity contribution is 0.00690. The van der Waals surface area contributed by atoms with Gasteiger partial charge in [0.1, 0.15) is 0 Å². The lowest BCUT2D eigenvalue weighted by atomic mass is 10.3. The molecule has 0 amide bonds. The fraction of sp³-hybridized carbons (Fsp3) is 1.00. The van der Waals surface area contributed by atoms with E-state index >= 15 is 0 Å². The monoisotopic (exact) mass is 222 g/mol. The van der Waals surface area contributed by atoms with Gasteiger partial charge in [-0.3, -0.25) is 0 Å². The molecular formula is C10H22O5. The maximum atomic E-state index is 8.50. The predicted octanol–water partition coefficient (Wildman–Crippen LogP) is -0.199. The zero-order chi connectivity index (χ0) is 11.2. The molecule has 0 aliphatic carbocycles. The van der Waals surface area contributed by atoms with E-state index < -0.39 is 0 Å². The van der Waals surface area contributed by atoms with Crippen LogP contribution in [0.1, 0.15) is 12.8 Å². The second kappa shape index (κ2) is 13.8. The van der Waals surface area contributed by atoms with Crippen molar-refractivity contribution in [3.8, 4) is 0 Å². The zero-order valence-electron chi connectivity index (χ0n) is 9.19. The highest BCUT2D eigenvalue weighted by Crippen LogP contribution is 1.88. The minimum atomic E-state index is 0.0496. The van der Waals surface area contributed by atoms with Crippen molar-refractivity contribution < 1.29 is 24.4 Å². The highest BCUT2D eigenvalue weighted by atomic mass is 16.5. The van der Waals surface area contributed by atoms with E-state index in [2.05, 4.69) is 0 Å². The van der Waals surface area contributed by atoms with Gasteiger partial charge >= 0.3 is 0 Å². The van der Waals surface area contributed by atoms with Crippen molar-refractivity contribution in [2.45, 2.75) is 12.8 Å². The van der Waals surface area contributed by atoms with Gasteiger partial charge in [0, 0.05) is 13.2 Å². The normalized spacial score (nSPS) is 10.8. The third-order valence-corrected chi connectivity index (χ3v) is 1.68. The van der Waals surface area contributed by atoms with Gasteiger partial charge in [-0.05, 0) is 12.8 Å². The van der Waals surface area contributed by atoms with Crippen LogP contribution in [-0.2, 0) is 14.2 Å². The molecule has 15 heavy (non-hydrogen) atoms. The molecule has 0 aliphatic heterocycles. The first kappa shape index (κ1) is 14.8. The highest BCUT2D eigenvalue weighted by molar-refractivity contribution is 4.37. The third kappa shape index (κ3) is 13.8. The average Bonchev–Trinajstić information content (AvgIpc) is 2.26. The summed E-state index contributed by atoms with van der Waals surface area (Å²) in [7, 11) is 0. The molecular weight excluding hydrogens is 200 g/mol. The van der Waals surface area contributed by atoms with Crippen molar-refractivity contribution in [2.75, 3.05) is 52.9 Å². The van der Waals surface area contributed by atoms with Crippen LogP contribution in [0.4, 0.5) is 0 Å². The number of aliphatic hydroxyl groups excluding tert-OH is 2. The molecule has 0 bridgehead atoms. The molecule has 5 nitrogen and oxygen atoms in total. The van der Waals surface area contributed by atoms with Crippen molar-refractivity contribution in [2.24, 2.45) is 0 Å². The van der Waals surface area contributed by atoms with Gasteiger partial charge in [-0.2, -0.15) is 0 Å². The van der Waals surface area contributed by atoms with E-state index in [-0.39, 0.29) is 13.2 Å². The maximum absolute atomic E-state index is 8.50. The molecule has 0 unspecified atom stereocenters. The van der Waals surface area contributed by atoms with Crippen LogP contribution in [0.15, 0.2) is 0 Å². The molecule has 0 atom stereocenters. The van der Waals surface area contributed by atoms with Gasteiger partial charge in [0.15, 0.2) is 0 Å². The Labute approximate surface area is 91.0 Å². The summed E-state index contributed by atoms with van der Waals surface area (Å²) in [5.41, 5.74) is 0. The fourth-order valence-corrected chi connectivity index (χ4v) is 0.922. The minimum absolute atomic E-state index is 0.0496. The Kier molecular flexibility index (Phi) is 13.6. The second-order valence-corrected chi connectivity index (χ2v) is 2.99. The first-order valence-corrected chi connectivity index (χ1v) is 5.36. The molecule has 0 aromatic rings. The first-order chi connectivity index (χ1) is 7.41. The molecule has 0 aromatic heterocycles. The van der Waals surface area contributed by atoms with E-state index in [0.717, 1.165) is 12.8 Å². The Morgan fingerprint density at radius 1 is 0.533 bits per heavy atom. The van der Waals surface area contributed by atoms with Gasteiger partial charge in [0.25, 0.3) is 0 Å². The van der Waals surface area contributed by atoms with E-state index in [0.29, 0.717) is 39.6 Å². The standard InChI is InChI=1S/C10H22O5/c11-3-1-2-5-13-7-9-15-10-8-14-6-4-12/h11-12H,1-10H2. The molecule has 2 N–H and O–H groups in total. The summed E-state index contributed by atoms with van der Waals surface area (Å²) < 4.78 is 15.5. The van der Waals surface area contributed by atoms with Crippen molar-refractivity contribution in [1.29, 1.82) is 0 Å². The van der Waals surface area contributed by atoms with E-state index in [9.17, 15) is 0 Å². The first-order valence-electron chi connectivity index (χ1n) is 5.36. The van der Waals surface area contributed by atoms with Gasteiger partial charge in [-0.15, -0.1) is 0 Å². The van der Waals surface area contributed by atoms with Gasteiger partial charge in [0.2, 0.25) is 0 Å². The van der Waals surface area contributed by atoms with Crippen LogP contribution in [0.25, 0.3) is 0 Å². The lowest BCUT2D eigenvalue weighted by Gasteiger charge is -2.05. The molecule has 0 saturated heterocycles. The fourth-order valence-electron chi connectivity index (χ4n) is 0.922. The molecule has 0 saturated carbocycles. The van der Waals surface area contributed by atoms with Crippen LogP contribution < -0.4 is 0 Å². The lowest BCUT2D eigenvalue weighted by Crippen LogP contribution is -2.11. The Bertz CT molecular complexity index is 98.0. The van der Waals surface area contributed by atoms with Crippen LogP contribution in [0, 0.1) is 0 Å². The van der Waals surface area contributed by atoms with Crippen LogP contribution in [0.5, 0.6) is 0 Å². The predicted molar refractivity (Wildman–Crippen MR) is 55.9 cm³/mol. The van der Waals surface area contributed by atoms with Crippen LogP contribution in [-0.4, -0.2) is 63.1 Å². The largest absolute Gasteiger partial charge is 0.396 e. The Morgan fingerprint density at radius 3 is 1.60 bits per heavy atom. The molecule has 0 aromatic carbocycles. The number of rotatable bonds is 12. The maximum Gasteiger partial charge on any atom is 0.0701 e. The van der Waals surface area contributed by atoms with Crippen molar-refractivity contribution in [3.05, 3.63) is 0 Å². The van der Waals surface area contributed by atoms with Crippen molar-refractivity contribution in [1.82, 2.24) is 0 Å². The van der Waals surface area contributed by atoms with Crippen LogP contribution in [0.2, 0.25) is 0 Å². The Hall–Kier alpha value is -0.200. The molecule has 0 aliphatic rings. The molecule has 0 heterocycles. The van der Waals surface area contributed by atoms with Gasteiger partial charge < -0.3 is 24.4 Å².